The number of quaternary nitrogens is 1. The minimum absolute atomic E-state index is 0.0401. The molecule has 10 nitrogen and oxygen atoms in total. The second-order valence-electron chi connectivity index (χ2n) is 14.8. The van der Waals surface area contributed by atoms with Gasteiger partial charge in [0.1, 0.15) is 7.05 Å². The van der Waals surface area contributed by atoms with Crippen molar-refractivity contribution < 1.29 is 38.8 Å². The Morgan fingerprint density at radius 1 is 0.722 bits per heavy atom. The van der Waals surface area contributed by atoms with Gasteiger partial charge in [0.2, 0.25) is 11.6 Å². The fraction of sp³-hybridized carbons (Fsp3) is 0.545. The molecule has 0 radical (unpaired) electrons. The lowest BCUT2D eigenvalue weighted by molar-refractivity contribution is -0.401. The Labute approximate surface area is 324 Å². The second-order valence-corrected chi connectivity index (χ2v) is 14.8. The number of anilines is 1. The zero-order chi connectivity index (χ0) is 38.7. The van der Waals surface area contributed by atoms with Gasteiger partial charge < -0.3 is 39.6 Å². The third-order valence-corrected chi connectivity index (χ3v) is 10.1. The number of fused-ring (bicyclic) bond motifs is 2. The van der Waals surface area contributed by atoms with Crippen molar-refractivity contribution >= 4 is 23.0 Å². The van der Waals surface area contributed by atoms with Crippen LogP contribution in [0.3, 0.4) is 0 Å². The van der Waals surface area contributed by atoms with Crippen molar-refractivity contribution in [3.8, 4) is 0 Å². The van der Waals surface area contributed by atoms with Gasteiger partial charge in [-0.05, 0) is 44.4 Å². The van der Waals surface area contributed by atoms with Crippen LogP contribution in [0.15, 0.2) is 84.6 Å². The van der Waals surface area contributed by atoms with Crippen LogP contribution in [0.5, 0.6) is 0 Å². The number of amides is 1. The number of rotatable bonds is 26. The summed E-state index contributed by atoms with van der Waals surface area (Å²) in [5.74, 6) is 0.0717. The third kappa shape index (κ3) is 12.4. The van der Waals surface area contributed by atoms with E-state index in [-0.39, 0.29) is 16.7 Å². The molecule has 0 atom stereocenters. The molecule has 1 amide bonds. The van der Waals surface area contributed by atoms with Crippen molar-refractivity contribution in [3.05, 3.63) is 95.7 Å². The molecule has 0 aliphatic carbocycles. The number of carbonyl (C=O) groups is 1. The summed E-state index contributed by atoms with van der Waals surface area (Å²) in [5, 5.41) is 2.97. The first-order chi connectivity index (χ1) is 26.2. The van der Waals surface area contributed by atoms with Gasteiger partial charge in [-0.25, -0.2) is 0 Å². The molecule has 4 rings (SSSR count). The molecule has 10 heteroatoms. The fourth-order valence-corrected chi connectivity index (χ4v) is 7.21. The minimum atomic E-state index is -0.102. The second kappa shape index (κ2) is 22.7. The van der Waals surface area contributed by atoms with Gasteiger partial charge in [0, 0.05) is 54.0 Å². The molecule has 296 valence electrons. The van der Waals surface area contributed by atoms with Gasteiger partial charge >= 0.3 is 0 Å². The summed E-state index contributed by atoms with van der Waals surface area (Å²) in [5.41, 5.74) is 11.4. The van der Waals surface area contributed by atoms with E-state index >= 15 is 0 Å². The molecule has 0 fully saturated rings. The van der Waals surface area contributed by atoms with Crippen molar-refractivity contribution in [1.29, 1.82) is 0 Å². The van der Waals surface area contributed by atoms with E-state index < -0.39 is 0 Å². The van der Waals surface area contributed by atoms with Crippen LogP contribution in [0.4, 0.5) is 11.4 Å². The third-order valence-electron chi connectivity index (χ3n) is 10.1. The zero-order valence-corrected chi connectivity index (χ0v) is 33.6. The van der Waals surface area contributed by atoms with Crippen LogP contribution in [-0.2, 0) is 39.3 Å². The summed E-state index contributed by atoms with van der Waals surface area (Å²) >= 11 is 0. The topological polar surface area (TPSA) is 109 Å². The van der Waals surface area contributed by atoms with E-state index in [0.29, 0.717) is 79.0 Å². The first-order valence-corrected chi connectivity index (χ1v) is 19.8. The lowest BCUT2D eigenvalue weighted by Gasteiger charge is -2.27. The predicted octanol–water partition coefficient (Wildman–Crippen LogP) is 5.49. The summed E-state index contributed by atoms with van der Waals surface area (Å²) in [4.78, 5) is 14.9. The number of benzene rings is 2. The van der Waals surface area contributed by atoms with E-state index in [4.69, 9.17) is 23.7 Å². The Bertz CT molecular complexity index is 1580. The van der Waals surface area contributed by atoms with E-state index in [1.54, 1.807) is 0 Å². The predicted molar refractivity (Wildman–Crippen MR) is 217 cm³/mol. The first kappa shape index (κ1) is 43.1. The highest BCUT2D eigenvalue weighted by molar-refractivity contribution is 6.03. The molecule has 0 aromatic heterocycles. The fourth-order valence-electron chi connectivity index (χ4n) is 7.21. The molecule has 2 aliphatic rings. The average molecular weight is 747 g/mol. The van der Waals surface area contributed by atoms with E-state index in [9.17, 15) is 4.79 Å². The first-order valence-electron chi connectivity index (χ1n) is 19.8. The molecule has 2 aromatic carbocycles. The van der Waals surface area contributed by atoms with Gasteiger partial charge in [0.25, 0.3) is 0 Å². The maximum atomic E-state index is 12.4. The summed E-state index contributed by atoms with van der Waals surface area (Å²) in [7, 11) is 2.15. The number of nitrogens with zero attached hydrogens (tertiary/aromatic N) is 2. The molecule has 0 saturated heterocycles. The molecule has 2 aromatic rings. The quantitative estimate of drug-likeness (QED) is 0.0746. The maximum Gasteiger partial charge on any atom is 0.220 e. The van der Waals surface area contributed by atoms with Crippen molar-refractivity contribution in [1.82, 2.24) is 5.32 Å². The van der Waals surface area contributed by atoms with Gasteiger partial charge in [0.15, 0.2) is 5.71 Å². The van der Waals surface area contributed by atoms with Crippen LogP contribution < -0.4 is 16.0 Å². The van der Waals surface area contributed by atoms with E-state index in [2.05, 4.69) is 134 Å². The summed E-state index contributed by atoms with van der Waals surface area (Å²) in [6.45, 7) is 16.7. The Kier molecular flexibility index (Phi) is 18.1. The van der Waals surface area contributed by atoms with Crippen LogP contribution in [-0.4, -0.2) is 109 Å². The van der Waals surface area contributed by atoms with E-state index in [1.165, 1.54) is 33.9 Å². The van der Waals surface area contributed by atoms with Crippen molar-refractivity contribution in [3.63, 3.8) is 0 Å². The smallest absolute Gasteiger partial charge is 0.220 e. The number of unbranched alkanes of at least 4 members (excludes halogenated alkanes) is 2. The summed E-state index contributed by atoms with van der Waals surface area (Å²) in [6.07, 6.45) is 14.4. The number of hydrogen-bond donors (Lipinski definition) is 2. The van der Waals surface area contributed by atoms with Gasteiger partial charge in [0.05, 0.1) is 78.0 Å². The molecule has 0 bridgehead atoms. The molecule has 0 unspecified atom stereocenters. The number of para-hydroxylation sites is 2. The summed E-state index contributed by atoms with van der Waals surface area (Å²) in [6, 6.07) is 17.4. The SMILES string of the molecule is C[N+]1=C(C=CC=CC=C2N(CCCCCC(=O)NCCOCCOCCOCCOCCOCC[NH3+])c3ccccc3C2(C)C)C(C)(C)c2ccccc21. The molecule has 0 saturated carbocycles. The maximum absolute atomic E-state index is 12.4. The van der Waals surface area contributed by atoms with Crippen molar-refractivity contribution in [2.45, 2.75) is 64.2 Å². The van der Waals surface area contributed by atoms with Gasteiger partial charge in [-0.15, -0.1) is 0 Å². The highest BCUT2D eigenvalue weighted by Gasteiger charge is 2.42. The standard InChI is InChI=1S/C44H64N4O6/c1-43(2)36-16-11-13-18-38(36)47(5)40(43)20-8-6-9-21-41-44(3,4)37-17-12-14-19-39(37)48(41)25-15-7-10-22-42(49)46-24-27-51-29-31-53-33-35-54-34-32-52-30-28-50-26-23-45/h6,8-9,11-14,16-21H,7,10,15,22-35,45H2,1-5H3/p+2. The van der Waals surface area contributed by atoms with Gasteiger partial charge in [-0.2, -0.15) is 4.58 Å². The largest absolute Gasteiger partial charge is 0.377 e. The Morgan fingerprint density at radius 3 is 1.96 bits per heavy atom. The highest BCUT2D eigenvalue weighted by atomic mass is 16.6. The van der Waals surface area contributed by atoms with Crippen LogP contribution in [0.1, 0.15) is 64.5 Å². The zero-order valence-electron chi connectivity index (χ0n) is 33.6. The lowest BCUT2D eigenvalue weighted by Crippen LogP contribution is -2.52. The molecule has 2 heterocycles. The number of ether oxygens (including phenoxy) is 5. The molecule has 54 heavy (non-hydrogen) atoms. The van der Waals surface area contributed by atoms with Crippen molar-refractivity contribution in [2.75, 3.05) is 97.7 Å². The molecular weight excluding hydrogens is 681 g/mol. The van der Waals surface area contributed by atoms with E-state index in [0.717, 1.165) is 32.4 Å². The van der Waals surface area contributed by atoms with E-state index in [1.807, 2.05) is 0 Å². The molecule has 0 spiro atoms. The molecule has 2 aliphatic heterocycles. The van der Waals surface area contributed by atoms with Gasteiger partial charge in [-0.1, -0.05) is 74.9 Å². The number of hydrogen-bond acceptors (Lipinski definition) is 7. The lowest BCUT2D eigenvalue weighted by atomic mass is 9.81. The Balaban J connectivity index is 1.10. The Morgan fingerprint density at radius 2 is 1.31 bits per heavy atom. The number of carbonyl (C=O) groups excluding carboxylic acids is 1. The Hall–Kier alpha value is -3.64. The van der Waals surface area contributed by atoms with Crippen LogP contribution >= 0.6 is 0 Å². The highest BCUT2D eigenvalue weighted by Crippen LogP contribution is 2.47. The molecular formula is C44H66N4O6+2. The summed E-state index contributed by atoms with van der Waals surface area (Å²) < 4.78 is 29.6. The van der Waals surface area contributed by atoms with Crippen LogP contribution in [0.25, 0.3) is 0 Å². The van der Waals surface area contributed by atoms with Crippen LogP contribution in [0, 0.1) is 0 Å². The number of allylic oxidation sites excluding steroid dienone is 6. The normalized spacial score (nSPS) is 16.6. The van der Waals surface area contributed by atoms with Crippen LogP contribution in [0.2, 0.25) is 0 Å². The van der Waals surface area contributed by atoms with Gasteiger partial charge in [-0.3, -0.25) is 4.79 Å². The number of nitrogens with one attached hydrogen (secondary N) is 1. The average Bonchev–Trinajstić information content (AvgIpc) is 3.50. The molecule has 4 N–H and O–H groups in total. The monoisotopic (exact) mass is 746 g/mol. The minimum Gasteiger partial charge on any atom is -0.377 e. The van der Waals surface area contributed by atoms with Crippen molar-refractivity contribution in [2.24, 2.45) is 0 Å².